The lowest BCUT2D eigenvalue weighted by atomic mass is 10.1. The fourth-order valence-corrected chi connectivity index (χ4v) is 2.90. The van der Waals surface area contributed by atoms with E-state index in [2.05, 4.69) is 22.5 Å². The van der Waals surface area contributed by atoms with Crippen LogP contribution in [-0.2, 0) is 11.3 Å². The Kier molecular flexibility index (Phi) is 7.61. The predicted octanol–water partition coefficient (Wildman–Crippen LogP) is 4.83. The topological polar surface area (TPSA) is 38.8 Å². The van der Waals surface area contributed by atoms with Gasteiger partial charge in [0.1, 0.15) is 5.82 Å². The van der Waals surface area contributed by atoms with Gasteiger partial charge in [-0.2, -0.15) is 0 Å². The van der Waals surface area contributed by atoms with E-state index in [0.29, 0.717) is 23.6 Å². The molecule has 0 spiro atoms. The van der Waals surface area contributed by atoms with Crippen molar-refractivity contribution in [2.75, 3.05) is 20.8 Å². The first kappa shape index (κ1) is 20.7. The van der Waals surface area contributed by atoms with Crippen LogP contribution in [-0.4, -0.2) is 31.6 Å². The van der Waals surface area contributed by atoms with Crippen molar-refractivity contribution < 1.29 is 18.7 Å². The van der Waals surface area contributed by atoms with E-state index in [1.807, 2.05) is 6.07 Å². The molecule has 0 saturated carbocycles. The predicted molar refractivity (Wildman–Crippen MR) is 108 cm³/mol. The minimum Gasteiger partial charge on any atom is -0.493 e. The van der Waals surface area contributed by atoms with Crippen LogP contribution in [0.4, 0.5) is 4.39 Å². The summed E-state index contributed by atoms with van der Waals surface area (Å²) in [4.78, 5) is 14.1. The zero-order chi connectivity index (χ0) is 19.8. The number of hydrogen-bond acceptors (Lipinski definition) is 3. The van der Waals surface area contributed by atoms with Crippen molar-refractivity contribution in [2.45, 2.75) is 6.54 Å². The molecule has 0 saturated heterocycles. The van der Waals surface area contributed by atoms with Crippen molar-refractivity contribution in [1.82, 2.24) is 4.90 Å². The Bertz CT molecular complexity index is 851. The molecule has 0 heterocycles. The summed E-state index contributed by atoms with van der Waals surface area (Å²) < 4.78 is 25.2. The summed E-state index contributed by atoms with van der Waals surface area (Å²) >= 11 is 3.32. The molecule has 0 N–H and O–H groups in total. The summed E-state index contributed by atoms with van der Waals surface area (Å²) in [5.41, 5.74) is 1.22. The van der Waals surface area contributed by atoms with E-state index in [1.165, 1.54) is 17.0 Å². The van der Waals surface area contributed by atoms with Gasteiger partial charge in [0.05, 0.1) is 14.2 Å². The minimum absolute atomic E-state index is 0.145. The number of hydrogen-bond donors (Lipinski definition) is 0. The zero-order valence-electron chi connectivity index (χ0n) is 15.2. The molecular formula is C21H21BrFNO3. The van der Waals surface area contributed by atoms with E-state index in [9.17, 15) is 9.18 Å². The SMILES string of the molecule is C=CCN(Cc1cc(Br)ccc1F)C(=O)/C=C/c1ccc(OC)c(OC)c1. The molecule has 4 nitrogen and oxygen atoms in total. The van der Waals surface area contributed by atoms with Gasteiger partial charge in [-0.25, -0.2) is 4.39 Å². The molecule has 0 aromatic heterocycles. The van der Waals surface area contributed by atoms with Crippen molar-refractivity contribution in [3.63, 3.8) is 0 Å². The molecule has 0 aliphatic rings. The number of nitrogens with zero attached hydrogens (tertiary/aromatic N) is 1. The van der Waals surface area contributed by atoms with E-state index in [1.54, 1.807) is 50.6 Å². The van der Waals surface area contributed by atoms with Gasteiger partial charge in [-0.3, -0.25) is 4.79 Å². The molecule has 27 heavy (non-hydrogen) atoms. The Labute approximate surface area is 167 Å². The second-order valence-electron chi connectivity index (χ2n) is 5.69. The van der Waals surface area contributed by atoms with E-state index in [0.717, 1.165) is 10.0 Å². The van der Waals surface area contributed by atoms with Gasteiger partial charge in [-0.15, -0.1) is 6.58 Å². The van der Waals surface area contributed by atoms with Crippen molar-refractivity contribution >= 4 is 27.9 Å². The fraction of sp³-hybridized carbons (Fsp3) is 0.190. The molecule has 0 bridgehead atoms. The van der Waals surface area contributed by atoms with Gasteiger partial charge in [-0.05, 0) is 42.0 Å². The molecule has 0 aliphatic heterocycles. The van der Waals surface area contributed by atoms with Crippen LogP contribution in [0.2, 0.25) is 0 Å². The number of carbonyl (C=O) groups excluding carboxylic acids is 1. The molecule has 0 fully saturated rings. The van der Waals surface area contributed by atoms with Gasteiger partial charge in [-0.1, -0.05) is 28.1 Å². The first-order chi connectivity index (χ1) is 13.0. The number of amides is 1. The summed E-state index contributed by atoms with van der Waals surface area (Å²) in [7, 11) is 3.11. The van der Waals surface area contributed by atoms with Crippen molar-refractivity contribution in [1.29, 1.82) is 0 Å². The molecular weight excluding hydrogens is 413 g/mol. The van der Waals surface area contributed by atoms with E-state index in [4.69, 9.17) is 9.47 Å². The first-order valence-electron chi connectivity index (χ1n) is 8.22. The monoisotopic (exact) mass is 433 g/mol. The Hall–Kier alpha value is -2.60. The number of carbonyl (C=O) groups is 1. The highest BCUT2D eigenvalue weighted by Gasteiger charge is 2.13. The second kappa shape index (κ2) is 9.92. The molecule has 0 unspecified atom stereocenters. The summed E-state index contributed by atoms with van der Waals surface area (Å²) in [6.45, 7) is 4.12. The van der Waals surface area contributed by atoms with Crippen LogP contribution >= 0.6 is 15.9 Å². The van der Waals surface area contributed by atoms with Gasteiger partial charge >= 0.3 is 0 Å². The Morgan fingerprint density at radius 1 is 1.19 bits per heavy atom. The summed E-state index contributed by atoms with van der Waals surface area (Å²) in [6.07, 6.45) is 4.73. The third-order valence-electron chi connectivity index (χ3n) is 3.86. The summed E-state index contributed by atoms with van der Waals surface area (Å²) in [5, 5.41) is 0. The quantitative estimate of drug-likeness (QED) is 0.441. The number of ether oxygens (including phenoxy) is 2. The number of rotatable bonds is 8. The van der Waals surface area contributed by atoms with Crippen molar-refractivity contribution in [3.05, 3.63) is 76.5 Å². The van der Waals surface area contributed by atoms with Crippen LogP contribution in [0.25, 0.3) is 6.08 Å². The highest BCUT2D eigenvalue weighted by molar-refractivity contribution is 9.10. The van der Waals surface area contributed by atoms with Crippen LogP contribution < -0.4 is 9.47 Å². The molecule has 0 radical (unpaired) electrons. The van der Waals surface area contributed by atoms with Crippen LogP contribution in [0, 0.1) is 5.82 Å². The second-order valence-corrected chi connectivity index (χ2v) is 6.61. The third-order valence-corrected chi connectivity index (χ3v) is 4.35. The maximum absolute atomic E-state index is 14.0. The van der Waals surface area contributed by atoms with E-state index in [-0.39, 0.29) is 18.3 Å². The van der Waals surface area contributed by atoms with Gasteiger partial charge in [0.15, 0.2) is 11.5 Å². The third kappa shape index (κ3) is 5.69. The molecule has 6 heteroatoms. The maximum atomic E-state index is 14.0. The molecule has 0 atom stereocenters. The highest BCUT2D eigenvalue weighted by atomic mass is 79.9. The van der Waals surface area contributed by atoms with Gasteiger partial charge < -0.3 is 14.4 Å². The van der Waals surface area contributed by atoms with Crippen LogP contribution in [0.3, 0.4) is 0 Å². The lowest BCUT2D eigenvalue weighted by Crippen LogP contribution is -2.29. The van der Waals surface area contributed by atoms with Gasteiger partial charge in [0, 0.05) is 29.2 Å². The smallest absolute Gasteiger partial charge is 0.247 e. The van der Waals surface area contributed by atoms with E-state index < -0.39 is 0 Å². The number of benzene rings is 2. The van der Waals surface area contributed by atoms with Crippen LogP contribution in [0.15, 0.2) is 59.6 Å². The molecule has 142 valence electrons. The fourth-order valence-electron chi connectivity index (χ4n) is 2.49. The zero-order valence-corrected chi connectivity index (χ0v) is 16.8. The largest absolute Gasteiger partial charge is 0.493 e. The first-order valence-corrected chi connectivity index (χ1v) is 9.01. The maximum Gasteiger partial charge on any atom is 0.247 e. The van der Waals surface area contributed by atoms with Crippen LogP contribution in [0.1, 0.15) is 11.1 Å². The Morgan fingerprint density at radius 3 is 2.59 bits per heavy atom. The van der Waals surface area contributed by atoms with Crippen LogP contribution in [0.5, 0.6) is 11.5 Å². The average molecular weight is 434 g/mol. The molecule has 0 aliphatic carbocycles. The molecule has 1 amide bonds. The lowest BCUT2D eigenvalue weighted by molar-refractivity contribution is -0.126. The standard InChI is InChI=1S/C21H21BrFNO3/c1-4-11-24(14-16-13-17(22)7-8-18(16)23)21(25)10-6-15-5-9-19(26-2)20(12-15)27-3/h4-10,12-13H,1,11,14H2,2-3H3/b10-6+. The summed E-state index contributed by atoms with van der Waals surface area (Å²) in [5.74, 6) is 0.582. The molecule has 2 aromatic rings. The minimum atomic E-state index is -0.357. The van der Waals surface area contributed by atoms with Gasteiger partial charge in [0.25, 0.3) is 0 Å². The van der Waals surface area contributed by atoms with Crippen molar-refractivity contribution in [2.24, 2.45) is 0 Å². The Balaban J connectivity index is 2.18. The van der Waals surface area contributed by atoms with Gasteiger partial charge in [0.2, 0.25) is 5.91 Å². The highest BCUT2D eigenvalue weighted by Crippen LogP contribution is 2.28. The lowest BCUT2D eigenvalue weighted by Gasteiger charge is -2.20. The van der Waals surface area contributed by atoms with E-state index >= 15 is 0 Å². The number of methoxy groups -OCH3 is 2. The van der Waals surface area contributed by atoms with Crippen molar-refractivity contribution in [3.8, 4) is 11.5 Å². The number of halogens is 2. The average Bonchev–Trinajstić information content (AvgIpc) is 2.68. The summed E-state index contributed by atoms with van der Waals surface area (Å²) in [6, 6.07) is 10.0. The molecule has 2 aromatic carbocycles. The normalized spacial score (nSPS) is 10.7. The molecule has 2 rings (SSSR count). The Morgan fingerprint density at radius 2 is 1.93 bits per heavy atom.